The molecule has 29 heavy (non-hydrogen) atoms. The Morgan fingerprint density at radius 1 is 1.28 bits per heavy atom. The lowest BCUT2D eigenvalue weighted by Crippen LogP contribution is -2.57. The summed E-state index contributed by atoms with van der Waals surface area (Å²) in [5.74, 6) is 0.448. The number of nitrogens with zero attached hydrogens (tertiary/aromatic N) is 2. The number of nitrogens with one attached hydrogen (secondary N) is 4. The van der Waals surface area contributed by atoms with Gasteiger partial charge < -0.3 is 10.6 Å². The third kappa shape index (κ3) is 5.35. The normalized spacial score (nSPS) is 21.5. The van der Waals surface area contributed by atoms with Gasteiger partial charge in [-0.05, 0) is 38.7 Å². The molecular weight excluding hydrogens is 368 g/mol. The van der Waals surface area contributed by atoms with E-state index in [0.717, 1.165) is 25.0 Å². The minimum atomic E-state index is -0.498. The first-order valence-corrected chi connectivity index (χ1v) is 10.2. The maximum absolute atomic E-state index is 12.4. The van der Waals surface area contributed by atoms with Crippen LogP contribution in [0.15, 0.2) is 36.4 Å². The summed E-state index contributed by atoms with van der Waals surface area (Å²) in [4.78, 5) is 24.7. The Balaban J connectivity index is 1.55. The number of anilines is 1. The Kier molecular flexibility index (Phi) is 6.87. The second-order valence-electron chi connectivity index (χ2n) is 7.47. The molecule has 1 aliphatic heterocycles. The maximum Gasteiger partial charge on any atom is 0.320 e. The second kappa shape index (κ2) is 9.56. The van der Waals surface area contributed by atoms with Crippen molar-refractivity contribution < 1.29 is 9.59 Å². The molecule has 3 amide bonds. The maximum atomic E-state index is 12.4. The molecule has 1 saturated heterocycles. The van der Waals surface area contributed by atoms with E-state index >= 15 is 0 Å². The summed E-state index contributed by atoms with van der Waals surface area (Å²) in [6.45, 7) is 6.41. The Bertz CT molecular complexity index is 835. The van der Waals surface area contributed by atoms with Crippen LogP contribution in [0.4, 0.5) is 10.6 Å². The molecule has 1 aromatic carbocycles. The lowest BCUT2D eigenvalue weighted by Gasteiger charge is -2.35. The third-order valence-corrected chi connectivity index (χ3v) is 5.19. The molecule has 0 spiro atoms. The number of carbonyl (C=O) groups excluding carboxylic acids is 2. The van der Waals surface area contributed by atoms with Crippen LogP contribution in [0.3, 0.4) is 0 Å². The third-order valence-electron chi connectivity index (χ3n) is 5.19. The van der Waals surface area contributed by atoms with Crippen LogP contribution < -0.4 is 21.3 Å². The van der Waals surface area contributed by atoms with Gasteiger partial charge in [0, 0.05) is 18.7 Å². The standard InChI is InChI=1S/C21H30N6O2/c1-4-17-15(3)23-20(25-19(17)28)27-18(13-14(2)26-27)24-21(29)22-12-8-11-16-9-6-5-7-10-16/h5-7,9-10,13,15,17,20,23H,4,8,11-12H2,1-3H3,(H,25,28)(H2,22,24,29). The molecule has 0 radical (unpaired) electrons. The number of hydrogen-bond donors (Lipinski definition) is 4. The van der Waals surface area contributed by atoms with Gasteiger partial charge in [-0.3, -0.25) is 15.4 Å². The lowest BCUT2D eigenvalue weighted by atomic mass is 9.95. The molecule has 0 bridgehead atoms. The largest absolute Gasteiger partial charge is 0.338 e. The fourth-order valence-corrected chi connectivity index (χ4v) is 3.65. The molecule has 0 saturated carbocycles. The van der Waals surface area contributed by atoms with Crippen molar-refractivity contribution in [2.24, 2.45) is 5.92 Å². The predicted molar refractivity (Wildman–Crippen MR) is 112 cm³/mol. The summed E-state index contributed by atoms with van der Waals surface area (Å²) < 4.78 is 1.61. The van der Waals surface area contributed by atoms with E-state index in [1.54, 1.807) is 10.7 Å². The highest BCUT2D eigenvalue weighted by Gasteiger charge is 2.34. The number of amides is 3. The van der Waals surface area contributed by atoms with Gasteiger partial charge in [-0.25, -0.2) is 9.48 Å². The average Bonchev–Trinajstić information content (AvgIpc) is 3.06. The van der Waals surface area contributed by atoms with Crippen LogP contribution in [-0.2, 0) is 11.2 Å². The molecule has 156 valence electrons. The Hall–Kier alpha value is -2.87. The Labute approximate surface area is 171 Å². The van der Waals surface area contributed by atoms with Crippen LogP contribution >= 0.6 is 0 Å². The van der Waals surface area contributed by atoms with E-state index in [-0.39, 0.29) is 23.9 Å². The fraction of sp³-hybridized carbons (Fsp3) is 0.476. The summed E-state index contributed by atoms with van der Waals surface area (Å²) in [5.41, 5.74) is 2.01. The fourth-order valence-electron chi connectivity index (χ4n) is 3.65. The van der Waals surface area contributed by atoms with Gasteiger partial charge in [0.05, 0.1) is 11.6 Å². The highest BCUT2D eigenvalue weighted by atomic mass is 16.2. The number of carbonyl (C=O) groups is 2. The molecule has 1 aromatic heterocycles. The van der Waals surface area contributed by atoms with Gasteiger partial charge in [-0.2, -0.15) is 5.10 Å². The van der Waals surface area contributed by atoms with E-state index in [1.165, 1.54) is 5.56 Å². The van der Waals surface area contributed by atoms with Crippen LogP contribution in [0.2, 0.25) is 0 Å². The van der Waals surface area contributed by atoms with Crippen LogP contribution in [0.1, 0.15) is 44.2 Å². The topological polar surface area (TPSA) is 100 Å². The van der Waals surface area contributed by atoms with Crippen molar-refractivity contribution in [3.05, 3.63) is 47.7 Å². The van der Waals surface area contributed by atoms with Crippen LogP contribution in [-0.4, -0.2) is 34.3 Å². The van der Waals surface area contributed by atoms with E-state index in [9.17, 15) is 9.59 Å². The van der Waals surface area contributed by atoms with Gasteiger partial charge in [0.15, 0.2) is 6.29 Å². The first kappa shape index (κ1) is 20.9. The average molecular weight is 399 g/mol. The molecule has 4 N–H and O–H groups in total. The van der Waals surface area contributed by atoms with E-state index in [1.807, 2.05) is 39.0 Å². The Morgan fingerprint density at radius 2 is 2.03 bits per heavy atom. The van der Waals surface area contributed by atoms with Gasteiger partial charge >= 0.3 is 6.03 Å². The second-order valence-corrected chi connectivity index (χ2v) is 7.47. The molecule has 2 heterocycles. The molecule has 3 rings (SSSR count). The van der Waals surface area contributed by atoms with Crippen molar-refractivity contribution in [3.63, 3.8) is 0 Å². The first-order chi connectivity index (χ1) is 14.0. The highest BCUT2D eigenvalue weighted by Crippen LogP contribution is 2.21. The molecular formula is C21H30N6O2. The van der Waals surface area contributed by atoms with E-state index in [2.05, 4.69) is 38.5 Å². The molecule has 3 unspecified atom stereocenters. The SMILES string of the molecule is CCC1C(=O)NC(n2nc(C)cc2NC(=O)NCCCc2ccccc2)NC1C. The van der Waals surface area contributed by atoms with Crippen molar-refractivity contribution in [3.8, 4) is 0 Å². The molecule has 8 heteroatoms. The zero-order chi connectivity index (χ0) is 20.8. The summed E-state index contributed by atoms with van der Waals surface area (Å²) in [7, 11) is 0. The molecule has 1 aliphatic rings. The predicted octanol–water partition coefficient (Wildman–Crippen LogP) is 2.54. The summed E-state index contributed by atoms with van der Waals surface area (Å²) >= 11 is 0. The minimum absolute atomic E-state index is 0.00628. The van der Waals surface area contributed by atoms with E-state index in [4.69, 9.17) is 0 Å². The van der Waals surface area contributed by atoms with E-state index < -0.39 is 6.29 Å². The minimum Gasteiger partial charge on any atom is -0.338 e. The molecule has 8 nitrogen and oxygen atoms in total. The van der Waals surface area contributed by atoms with Crippen LogP contribution in [0, 0.1) is 12.8 Å². The number of aryl methyl sites for hydroxylation is 2. The van der Waals surface area contributed by atoms with Crippen LogP contribution in [0.25, 0.3) is 0 Å². The van der Waals surface area contributed by atoms with E-state index in [0.29, 0.717) is 12.4 Å². The number of urea groups is 1. The molecule has 0 aliphatic carbocycles. The van der Waals surface area contributed by atoms with Gasteiger partial charge in [-0.1, -0.05) is 37.3 Å². The van der Waals surface area contributed by atoms with Crippen LogP contribution in [0.5, 0.6) is 0 Å². The lowest BCUT2D eigenvalue weighted by molar-refractivity contribution is -0.130. The molecule has 2 aromatic rings. The zero-order valence-corrected chi connectivity index (χ0v) is 17.2. The summed E-state index contributed by atoms with van der Waals surface area (Å²) in [5, 5.41) is 16.5. The monoisotopic (exact) mass is 398 g/mol. The van der Waals surface area contributed by atoms with Crippen molar-refractivity contribution in [2.45, 2.75) is 52.4 Å². The van der Waals surface area contributed by atoms with Gasteiger partial charge in [0.2, 0.25) is 5.91 Å². The Morgan fingerprint density at radius 3 is 2.72 bits per heavy atom. The highest BCUT2D eigenvalue weighted by molar-refractivity contribution is 5.88. The molecule has 1 fully saturated rings. The molecule has 3 atom stereocenters. The van der Waals surface area contributed by atoms with Crippen molar-refractivity contribution >= 4 is 17.8 Å². The quantitative estimate of drug-likeness (QED) is 0.539. The number of rotatable bonds is 7. The summed E-state index contributed by atoms with van der Waals surface area (Å²) in [6, 6.07) is 11.7. The van der Waals surface area contributed by atoms with Gasteiger partial charge in [-0.15, -0.1) is 0 Å². The smallest absolute Gasteiger partial charge is 0.320 e. The first-order valence-electron chi connectivity index (χ1n) is 10.2. The number of hydrogen-bond acceptors (Lipinski definition) is 4. The zero-order valence-electron chi connectivity index (χ0n) is 17.2. The van der Waals surface area contributed by atoms with Crippen molar-refractivity contribution in [1.82, 2.24) is 25.7 Å². The van der Waals surface area contributed by atoms with Gasteiger partial charge in [0.25, 0.3) is 0 Å². The number of aromatic nitrogens is 2. The number of benzene rings is 1. The summed E-state index contributed by atoms with van der Waals surface area (Å²) in [6.07, 6.45) is 2.03. The van der Waals surface area contributed by atoms with Crippen molar-refractivity contribution in [2.75, 3.05) is 11.9 Å². The van der Waals surface area contributed by atoms with Gasteiger partial charge in [0.1, 0.15) is 5.82 Å². The van der Waals surface area contributed by atoms with Crippen molar-refractivity contribution in [1.29, 1.82) is 0 Å².